The molecule has 5 nitrogen and oxygen atoms in total. The number of benzene rings is 2. The summed E-state index contributed by atoms with van der Waals surface area (Å²) in [6.07, 6.45) is -4.68. The van der Waals surface area contributed by atoms with E-state index in [9.17, 15) is 17.6 Å². The third kappa shape index (κ3) is 3.98. The van der Waals surface area contributed by atoms with Crippen LogP contribution in [0.3, 0.4) is 0 Å². The number of halogens is 4. The summed E-state index contributed by atoms with van der Waals surface area (Å²) in [5.41, 5.74) is -1.04. The van der Waals surface area contributed by atoms with Crippen LogP contribution in [0.1, 0.15) is 11.4 Å². The van der Waals surface area contributed by atoms with Gasteiger partial charge in [-0.05, 0) is 43.3 Å². The van der Waals surface area contributed by atoms with Gasteiger partial charge < -0.3 is 10.1 Å². The zero-order valence-corrected chi connectivity index (χ0v) is 16.5. The number of pyridine rings is 1. The molecule has 0 saturated heterocycles. The number of nitrogens with one attached hydrogen (secondary N) is 1. The van der Waals surface area contributed by atoms with Crippen LogP contribution < -0.4 is 10.1 Å². The molecule has 31 heavy (non-hydrogen) atoms. The monoisotopic (exact) mass is 428 g/mol. The van der Waals surface area contributed by atoms with E-state index in [1.807, 2.05) is 0 Å². The van der Waals surface area contributed by atoms with Crippen molar-refractivity contribution in [1.29, 1.82) is 0 Å². The second-order valence-electron chi connectivity index (χ2n) is 6.65. The maximum atomic E-state index is 14.1. The minimum atomic E-state index is -4.68. The first-order chi connectivity index (χ1) is 14.8. The van der Waals surface area contributed by atoms with E-state index in [2.05, 4.69) is 20.3 Å². The molecular weight excluding hydrogens is 412 g/mol. The Morgan fingerprint density at radius 2 is 1.61 bits per heavy atom. The second-order valence-corrected chi connectivity index (χ2v) is 6.65. The van der Waals surface area contributed by atoms with Gasteiger partial charge >= 0.3 is 6.18 Å². The Hall–Kier alpha value is -3.75. The lowest BCUT2D eigenvalue weighted by atomic mass is 10.0. The third-order valence-electron chi connectivity index (χ3n) is 4.55. The number of fused-ring (bicyclic) bond motifs is 1. The van der Waals surface area contributed by atoms with E-state index in [-0.39, 0.29) is 28.4 Å². The first-order valence-corrected chi connectivity index (χ1v) is 9.24. The minimum Gasteiger partial charge on any atom is -0.454 e. The van der Waals surface area contributed by atoms with E-state index in [0.717, 1.165) is 12.1 Å². The van der Waals surface area contributed by atoms with Crippen molar-refractivity contribution < 1.29 is 22.3 Å². The van der Waals surface area contributed by atoms with Crippen LogP contribution in [0.4, 0.5) is 23.4 Å². The molecule has 0 saturated carbocycles. The van der Waals surface area contributed by atoms with Crippen molar-refractivity contribution in [2.75, 3.05) is 12.4 Å². The largest absolute Gasteiger partial charge is 0.454 e. The summed E-state index contributed by atoms with van der Waals surface area (Å²) in [6, 6.07) is 12.0. The number of aromatic nitrogens is 3. The molecule has 1 N–H and O–H groups in total. The van der Waals surface area contributed by atoms with E-state index in [0.29, 0.717) is 17.0 Å². The highest BCUT2D eigenvalue weighted by molar-refractivity contribution is 5.89. The van der Waals surface area contributed by atoms with Crippen molar-refractivity contribution in [2.45, 2.75) is 13.1 Å². The fraction of sp³-hybridized carbons (Fsp3) is 0.136. The summed E-state index contributed by atoms with van der Waals surface area (Å²) in [7, 11) is 1.68. The number of alkyl halides is 3. The van der Waals surface area contributed by atoms with Gasteiger partial charge in [0.15, 0.2) is 17.2 Å². The number of hydrogen-bond acceptors (Lipinski definition) is 5. The molecule has 0 aliphatic carbocycles. The number of aryl methyl sites for hydroxylation is 1. The molecule has 158 valence electrons. The van der Waals surface area contributed by atoms with Crippen molar-refractivity contribution in [3.05, 3.63) is 71.8 Å². The molecule has 0 amide bonds. The Labute approximate surface area is 174 Å². The molecule has 0 aliphatic rings. The van der Waals surface area contributed by atoms with E-state index >= 15 is 0 Å². The van der Waals surface area contributed by atoms with E-state index < -0.39 is 17.6 Å². The zero-order valence-electron chi connectivity index (χ0n) is 16.5. The number of hydrogen-bond donors (Lipinski definition) is 1. The van der Waals surface area contributed by atoms with Crippen molar-refractivity contribution >= 4 is 16.9 Å². The number of ether oxygens (including phenoxy) is 1. The molecule has 2 aromatic carbocycles. The summed E-state index contributed by atoms with van der Waals surface area (Å²) < 4.78 is 61.2. The molecule has 0 radical (unpaired) electrons. The van der Waals surface area contributed by atoms with Crippen LogP contribution in [0.2, 0.25) is 0 Å². The molecule has 0 fully saturated rings. The third-order valence-corrected chi connectivity index (χ3v) is 4.55. The molecule has 2 aromatic heterocycles. The normalized spacial score (nSPS) is 11.5. The molecular formula is C22H16F4N4O. The van der Waals surface area contributed by atoms with Gasteiger partial charge in [0.05, 0.1) is 22.2 Å². The van der Waals surface area contributed by atoms with Crippen LogP contribution in [0.15, 0.2) is 54.6 Å². The minimum absolute atomic E-state index is 0.00748. The molecule has 4 aromatic rings. The lowest BCUT2D eigenvalue weighted by molar-refractivity contribution is -0.137. The van der Waals surface area contributed by atoms with Gasteiger partial charge in [-0.25, -0.2) is 19.3 Å². The average molecular weight is 428 g/mol. The topological polar surface area (TPSA) is 59.9 Å². The van der Waals surface area contributed by atoms with Gasteiger partial charge in [-0.1, -0.05) is 18.2 Å². The highest BCUT2D eigenvalue weighted by Gasteiger charge is 2.36. The molecule has 0 unspecified atom stereocenters. The van der Waals surface area contributed by atoms with Gasteiger partial charge in [0, 0.05) is 7.05 Å². The number of anilines is 1. The molecule has 0 atom stereocenters. The zero-order chi connectivity index (χ0) is 22.2. The van der Waals surface area contributed by atoms with Crippen LogP contribution in [0.5, 0.6) is 11.5 Å². The Kier molecular flexibility index (Phi) is 5.18. The predicted molar refractivity (Wildman–Crippen MR) is 109 cm³/mol. The Bertz CT molecular complexity index is 1270. The quantitative estimate of drug-likeness (QED) is 0.405. The van der Waals surface area contributed by atoms with E-state index in [4.69, 9.17) is 4.74 Å². The molecule has 0 bridgehead atoms. The summed E-state index contributed by atoms with van der Waals surface area (Å²) in [5, 5.41) is 3.47. The first-order valence-electron chi connectivity index (χ1n) is 9.24. The number of nitrogens with zero attached hydrogens (tertiary/aromatic N) is 3. The van der Waals surface area contributed by atoms with Crippen LogP contribution in [0.25, 0.3) is 22.3 Å². The molecule has 0 spiro atoms. The Morgan fingerprint density at radius 3 is 2.32 bits per heavy atom. The van der Waals surface area contributed by atoms with Crippen LogP contribution >= 0.6 is 0 Å². The maximum absolute atomic E-state index is 14.1. The Morgan fingerprint density at radius 1 is 0.871 bits per heavy atom. The Balaban J connectivity index is 1.95. The van der Waals surface area contributed by atoms with Crippen LogP contribution in [0, 0.1) is 12.7 Å². The lowest BCUT2D eigenvalue weighted by Crippen LogP contribution is -2.09. The van der Waals surface area contributed by atoms with Gasteiger partial charge in [-0.2, -0.15) is 13.2 Å². The molecule has 9 heteroatoms. The van der Waals surface area contributed by atoms with Crippen molar-refractivity contribution in [1.82, 2.24) is 15.0 Å². The van der Waals surface area contributed by atoms with Crippen LogP contribution in [-0.4, -0.2) is 22.0 Å². The van der Waals surface area contributed by atoms with Crippen molar-refractivity contribution in [2.24, 2.45) is 0 Å². The molecule has 2 heterocycles. The van der Waals surface area contributed by atoms with Gasteiger partial charge in [0.2, 0.25) is 0 Å². The summed E-state index contributed by atoms with van der Waals surface area (Å²) >= 11 is 0. The van der Waals surface area contributed by atoms with Gasteiger partial charge in [0.25, 0.3) is 0 Å². The first kappa shape index (κ1) is 20.5. The summed E-state index contributed by atoms with van der Waals surface area (Å²) in [4.78, 5) is 12.8. The van der Waals surface area contributed by atoms with E-state index in [1.54, 1.807) is 20.0 Å². The van der Waals surface area contributed by atoms with Gasteiger partial charge in [0.1, 0.15) is 17.4 Å². The molecule has 0 aliphatic heterocycles. The van der Waals surface area contributed by atoms with E-state index in [1.165, 1.54) is 36.4 Å². The summed E-state index contributed by atoms with van der Waals surface area (Å²) in [5.74, 6) is -0.146. The smallest absolute Gasteiger partial charge is 0.417 e. The predicted octanol–water partition coefficient (Wildman–Crippen LogP) is 5.99. The standard InChI is InChI=1S/C22H16F4N4O/c1-12-28-20(27-2)13-10-11-16(30-21(13)29-12)19-14(22(24,25)26)6-5-9-18(19)31-17-8-4-3-7-15(17)23/h3-11H,1-2H3,(H,27,28,29,30). The maximum Gasteiger partial charge on any atom is 0.417 e. The van der Waals surface area contributed by atoms with Gasteiger partial charge in [-0.3, -0.25) is 0 Å². The number of para-hydroxylation sites is 1. The van der Waals surface area contributed by atoms with Crippen LogP contribution in [-0.2, 0) is 6.18 Å². The average Bonchev–Trinajstić information content (AvgIpc) is 2.73. The highest BCUT2D eigenvalue weighted by atomic mass is 19.4. The molecule has 4 rings (SSSR count). The van der Waals surface area contributed by atoms with Crippen molar-refractivity contribution in [3.8, 4) is 22.8 Å². The van der Waals surface area contributed by atoms with Crippen molar-refractivity contribution in [3.63, 3.8) is 0 Å². The second kappa shape index (κ2) is 7.82. The summed E-state index contributed by atoms with van der Waals surface area (Å²) in [6.45, 7) is 1.66. The lowest BCUT2D eigenvalue weighted by Gasteiger charge is -2.17. The SMILES string of the molecule is CNc1nc(C)nc2nc(-c3c(Oc4ccccc4F)cccc3C(F)(F)F)ccc12. The highest BCUT2D eigenvalue weighted by Crippen LogP contribution is 2.43. The fourth-order valence-corrected chi connectivity index (χ4v) is 3.21. The fourth-order valence-electron chi connectivity index (χ4n) is 3.21. The van der Waals surface area contributed by atoms with Gasteiger partial charge in [-0.15, -0.1) is 0 Å². The number of rotatable bonds is 4.